The zero-order chi connectivity index (χ0) is 6.85. The first-order chi connectivity index (χ1) is 4.22. The van der Waals surface area contributed by atoms with Crippen LogP contribution in [0.4, 0.5) is 0 Å². The molecule has 0 bridgehead atoms. The average Bonchev–Trinajstić information content (AvgIpc) is 1.83. The molecule has 0 saturated heterocycles. The molecule has 0 aromatic carbocycles. The van der Waals surface area contributed by atoms with Gasteiger partial charge in [0.1, 0.15) is 0 Å². The Morgan fingerprint density at radius 1 is 1.22 bits per heavy atom. The molecule has 0 heterocycles. The maximum atomic E-state index is 10.9. The number of allylic oxidation sites excluding steroid dienone is 2. The highest BCUT2D eigenvalue weighted by atomic mass is 16.1. The summed E-state index contributed by atoms with van der Waals surface area (Å²) in [6, 6.07) is 0. The van der Waals surface area contributed by atoms with Crippen LogP contribution < -0.4 is 0 Å². The van der Waals surface area contributed by atoms with E-state index in [0.29, 0.717) is 5.78 Å². The van der Waals surface area contributed by atoms with Crippen molar-refractivity contribution in [2.45, 2.75) is 33.1 Å². The first-order valence-corrected chi connectivity index (χ1v) is 3.41. The summed E-state index contributed by atoms with van der Waals surface area (Å²) in [5.41, 5.74) is 2.28. The van der Waals surface area contributed by atoms with Gasteiger partial charge in [-0.15, -0.1) is 0 Å². The van der Waals surface area contributed by atoms with Crippen molar-refractivity contribution < 1.29 is 4.79 Å². The highest BCUT2D eigenvalue weighted by Crippen LogP contribution is 2.20. The van der Waals surface area contributed by atoms with Gasteiger partial charge in [0, 0.05) is 6.42 Å². The summed E-state index contributed by atoms with van der Waals surface area (Å²) in [5.74, 6) is 0.346. The van der Waals surface area contributed by atoms with Gasteiger partial charge in [-0.25, -0.2) is 0 Å². The number of carbonyl (C=O) groups is 1. The molecular formula is C8H12O. The monoisotopic (exact) mass is 124 g/mol. The molecule has 0 aliphatic heterocycles. The van der Waals surface area contributed by atoms with Gasteiger partial charge in [0.2, 0.25) is 0 Å². The summed E-state index contributed by atoms with van der Waals surface area (Å²) in [7, 11) is 0. The van der Waals surface area contributed by atoms with Gasteiger partial charge < -0.3 is 0 Å². The topological polar surface area (TPSA) is 17.1 Å². The van der Waals surface area contributed by atoms with Gasteiger partial charge in [-0.1, -0.05) is 5.57 Å². The second-order valence-electron chi connectivity index (χ2n) is 2.68. The van der Waals surface area contributed by atoms with Crippen molar-refractivity contribution in [1.82, 2.24) is 0 Å². The maximum absolute atomic E-state index is 10.9. The molecule has 1 nitrogen and oxygen atoms in total. The molecule has 0 fully saturated rings. The average molecular weight is 124 g/mol. The van der Waals surface area contributed by atoms with Gasteiger partial charge in [-0.3, -0.25) is 4.79 Å². The lowest BCUT2D eigenvalue weighted by Gasteiger charge is -2.11. The Morgan fingerprint density at radius 3 is 2.33 bits per heavy atom. The van der Waals surface area contributed by atoms with Crippen LogP contribution in [-0.4, -0.2) is 5.78 Å². The smallest absolute Gasteiger partial charge is 0.158 e. The molecule has 50 valence electrons. The lowest BCUT2D eigenvalue weighted by molar-refractivity contribution is -0.116. The molecule has 9 heavy (non-hydrogen) atoms. The lowest BCUT2D eigenvalue weighted by atomic mass is 9.93. The standard InChI is InChI=1S/C8H12O/c1-6-4-3-5-8(9)7(6)2/h3-5H2,1-2H3. The van der Waals surface area contributed by atoms with Crippen molar-refractivity contribution in [3.05, 3.63) is 11.1 Å². The van der Waals surface area contributed by atoms with Gasteiger partial charge in [-0.05, 0) is 32.3 Å². The SMILES string of the molecule is CC1=C(C)C(=O)CCC1. The molecule has 1 aliphatic rings. The highest BCUT2D eigenvalue weighted by Gasteiger charge is 2.12. The van der Waals surface area contributed by atoms with Crippen LogP contribution >= 0.6 is 0 Å². The quantitative estimate of drug-likeness (QED) is 0.483. The van der Waals surface area contributed by atoms with Crippen molar-refractivity contribution in [2.75, 3.05) is 0 Å². The Kier molecular flexibility index (Phi) is 1.70. The molecule has 0 saturated carbocycles. The fraction of sp³-hybridized carbons (Fsp3) is 0.625. The normalized spacial score (nSPS) is 20.9. The van der Waals surface area contributed by atoms with Crippen LogP contribution in [0.2, 0.25) is 0 Å². The van der Waals surface area contributed by atoms with Crippen molar-refractivity contribution in [2.24, 2.45) is 0 Å². The van der Waals surface area contributed by atoms with E-state index in [1.165, 1.54) is 5.57 Å². The van der Waals surface area contributed by atoms with Crippen LogP contribution in [-0.2, 0) is 4.79 Å². The van der Waals surface area contributed by atoms with E-state index in [4.69, 9.17) is 0 Å². The number of carbonyl (C=O) groups excluding carboxylic acids is 1. The van der Waals surface area contributed by atoms with Crippen molar-refractivity contribution in [1.29, 1.82) is 0 Å². The lowest BCUT2D eigenvalue weighted by Crippen LogP contribution is -2.07. The number of hydrogen-bond acceptors (Lipinski definition) is 1. The molecule has 0 N–H and O–H groups in total. The summed E-state index contributed by atoms with van der Waals surface area (Å²) in [6.07, 6.45) is 2.95. The summed E-state index contributed by atoms with van der Waals surface area (Å²) in [4.78, 5) is 10.9. The third-order valence-corrected chi connectivity index (χ3v) is 2.01. The fourth-order valence-electron chi connectivity index (χ4n) is 1.13. The third-order valence-electron chi connectivity index (χ3n) is 2.01. The molecule has 0 atom stereocenters. The molecular weight excluding hydrogens is 112 g/mol. The molecule has 0 aromatic heterocycles. The fourth-order valence-corrected chi connectivity index (χ4v) is 1.13. The Hall–Kier alpha value is -0.590. The second-order valence-corrected chi connectivity index (χ2v) is 2.68. The number of ketones is 1. The van der Waals surface area contributed by atoms with E-state index in [1.54, 1.807) is 0 Å². The maximum Gasteiger partial charge on any atom is 0.158 e. The minimum absolute atomic E-state index is 0.346. The Labute approximate surface area is 55.8 Å². The summed E-state index contributed by atoms with van der Waals surface area (Å²) < 4.78 is 0. The summed E-state index contributed by atoms with van der Waals surface area (Å²) in [6.45, 7) is 3.98. The first-order valence-electron chi connectivity index (χ1n) is 3.41. The molecule has 0 unspecified atom stereocenters. The summed E-state index contributed by atoms with van der Waals surface area (Å²) in [5, 5.41) is 0. The predicted molar refractivity (Wildman–Crippen MR) is 37.2 cm³/mol. The van der Waals surface area contributed by atoms with E-state index in [1.807, 2.05) is 13.8 Å². The number of Topliss-reactive ketones (excluding diaryl/α,β-unsaturated/α-hetero) is 1. The number of rotatable bonds is 0. The first kappa shape index (κ1) is 6.53. The highest BCUT2D eigenvalue weighted by molar-refractivity contribution is 5.96. The zero-order valence-electron chi connectivity index (χ0n) is 6.03. The van der Waals surface area contributed by atoms with Crippen molar-refractivity contribution in [3.8, 4) is 0 Å². The predicted octanol–water partition coefficient (Wildman–Crippen LogP) is 2.08. The van der Waals surface area contributed by atoms with Crippen LogP contribution in [0.3, 0.4) is 0 Å². The van der Waals surface area contributed by atoms with Gasteiger partial charge in [-0.2, -0.15) is 0 Å². The van der Waals surface area contributed by atoms with Gasteiger partial charge >= 0.3 is 0 Å². The summed E-state index contributed by atoms with van der Waals surface area (Å²) >= 11 is 0. The van der Waals surface area contributed by atoms with Crippen molar-refractivity contribution >= 4 is 5.78 Å². The van der Waals surface area contributed by atoms with E-state index in [-0.39, 0.29) is 0 Å². The molecule has 0 spiro atoms. The van der Waals surface area contributed by atoms with Crippen LogP contribution in [0.15, 0.2) is 11.1 Å². The van der Waals surface area contributed by atoms with E-state index < -0.39 is 0 Å². The van der Waals surface area contributed by atoms with E-state index in [9.17, 15) is 4.79 Å². The molecule has 0 amide bonds. The Balaban J connectivity index is 2.84. The largest absolute Gasteiger partial charge is 0.295 e. The molecule has 0 radical (unpaired) electrons. The molecule has 0 aromatic rings. The van der Waals surface area contributed by atoms with E-state index in [0.717, 1.165) is 24.8 Å². The third kappa shape index (κ3) is 1.21. The molecule has 1 rings (SSSR count). The van der Waals surface area contributed by atoms with Crippen LogP contribution in [0.1, 0.15) is 33.1 Å². The van der Waals surface area contributed by atoms with Gasteiger partial charge in [0.15, 0.2) is 5.78 Å². The van der Waals surface area contributed by atoms with E-state index in [2.05, 4.69) is 0 Å². The van der Waals surface area contributed by atoms with Crippen molar-refractivity contribution in [3.63, 3.8) is 0 Å². The van der Waals surface area contributed by atoms with Crippen LogP contribution in [0, 0.1) is 0 Å². The molecule has 1 heteroatoms. The van der Waals surface area contributed by atoms with Crippen LogP contribution in [0.5, 0.6) is 0 Å². The van der Waals surface area contributed by atoms with E-state index >= 15 is 0 Å². The Bertz CT molecular complexity index is 165. The minimum Gasteiger partial charge on any atom is -0.295 e. The second kappa shape index (κ2) is 2.34. The Morgan fingerprint density at radius 2 is 1.89 bits per heavy atom. The van der Waals surface area contributed by atoms with Gasteiger partial charge in [0.25, 0.3) is 0 Å². The minimum atomic E-state index is 0.346. The van der Waals surface area contributed by atoms with Gasteiger partial charge in [0.05, 0.1) is 0 Å². The number of hydrogen-bond donors (Lipinski definition) is 0. The molecule has 1 aliphatic carbocycles. The van der Waals surface area contributed by atoms with Crippen LogP contribution in [0.25, 0.3) is 0 Å². The zero-order valence-corrected chi connectivity index (χ0v) is 6.03.